The van der Waals surface area contributed by atoms with Crippen LogP contribution in [-0.4, -0.2) is 27.2 Å². The van der Waals surface area contributed by atoms with E-state index in [1.807, 2.05) is 29.1 Å². The lowest BCUT2D eigenvalue weighted by molar-refractivity contribution is -0.121. The fourth-order valence-corrected chi connectivity index (χ4v) is 3.37. The predicted molar refractivity (Wildman–Crippen MR) is 94.3 cm³/mol. The van der Waals surface area contributed by atoms with Crippen molar-refractivity contribution in [2.24, 2.45) is 5.92 Å². The zero-order valence-corrected chi connectivity index (χ0v) is 14.2. The Balaban J connectivity index is 1.37. The summed E-state index contributed by atoms with van der Waals surface area (Å²) >= 11 is 0. The molecule has 2 aromatic rings. The van der Waals surface area contributed by atoms with E-state index in [1.54, 1.807) is 12.4 Å². The van der Waals surface area contributed by atoms with Gasteiger partial charge in [-0.3, -0.25) is 14.5 Å². The number of carbonyl (C=O) groups excluding carboxylic acids is 1. The highest BCUT2D eigenvalue weighted by Gasteiger charge is 2.14. The van der Waals surface area contributed by atoms with E-state index >= 15 is 0 Å². The summed E-state index contributed by atoms with van der Waals surface area (Å²) in [5.74, 6) is 0.931. The highest BCUT2D eigenvalue weighted by Crippen LogP contribution is 2.27. The molecule has 2 heterocycles. The molecule has 1 fully saturated rings. The minimum absolute atomic E-state index is 0.169. The monoisotopic (exact) mass is 326 g/mol. The summed E-state index contributed by atoms with van der Waals surface area (Å²) in [5, 5.41) is 7.54. The predicted octanol–water partition coefficient (Wildman–Crippen LogP) is 3.42. The van der Waals surface area contributed by atoms with Gasteiger partial charge in [0, 0.05) is 37.1 Å². The Morgan fingerprint density at radius 2 is 1.96 bits per heavy atom. The van der Waals surface area contributed by atoms with Gasteiger partial charge in [-0.25, -0.2) is 0 Å². The summed E-state index contributed by atoms with van der Waals surface area (Å²) in [6.07, 6.45) is 13.8. The van der Waals surface area contributed by atoms with Crippen molar-refractivity contribution < 1.29 is 4.79 Å². The van der Waals surface area contributed by atoms with Crippen LogP contribution in [0.25, 0.3) is 11.3 Å². The molecule has 0 saturated heterocycles. The molecular formula is C19H26N4O. The first-order chi connectivity index (χ1) is 11.8. The topological polar surface area (TPSA) is 59.8 Å². The third-order valence-electron chi connectivity index (χ3n) is 4.78. The highest BCUT2D eigenvalue weighted by molar-refractivity contribution is 5.75. The molecule has 5 nitrogen and oxygen atoms in total. The van der Waals surface area contributed by atoms with Crippen LogP contribution < -0.4 is 5.32 Å². The Morgan fingerprint density at radius 1 is 1.17 bits per heavy atom. The molecule has 2 aromatic heterocycles. The van der Waals surface area contributed by atoms with Gasteiger partial charge in [-0.05, 0) is 30.5 Å². The Morgan fingerprint density at radius 3 is 2.75 bits per heavy atom. The molecule has 3 rings (SSSR count). The van der Waals surface area contributed by atoms with Crippen molar-refractivity contribution in [3.63, 3.8) is 0 Å². The summed E-state index contributed by atoms with van der Waals surface area (Å²) < 4.78 is 1.87. The summed E-state index contributed by atoms with van der Waals surface area (Å²) in [6, 6.07) is 5.87. The molecule has 1 amide bonds. The second kappa shape index (κ2) is 8.62. The van der Waals surface area contributed by atoms with Gasteiger partial charge >= 0.3 is 0 Å². The minimum Gasteiger partial charge on any atom is -0.354 e. The lowest BCUT2D eigenvalue weighted by Gasteiger charge is -2.20. The fourth-order valence-electron chi connectivity index (χ4n) is 3.37. The van der Waals surface area contributed by atoms with E-state index in [2.05, 4.69) is 15.4 Å². The van der Waals surface area contributed by atoms with E-state index in [0.29, 0.717) is 19.5 Å². The largest absolute Gasteiger partial charge is 0.354 e. The first kappa shape index (κ1) is 16.7. The molecule has 0 aliphatic heterocycles. The maximum Gasteiger partial charge on any atom is 0.220 e. The minimum atomic E-state index is 0.169. The third kappa shape index (κ3) is 4.91. The maximum absolute atomic E-state index is 12.0. The highest BCUT2D eigenvalue weighted by atomic mass is 16.1. The molecule has 0 unspecified atom stereocenters. The second-order valence-corrected chi connectivity index (χ2v) is 6.59. The van der Waals surface area contributed by atoms with Crippen LogP contribution in [0, 0.1) is 5.92 Å². The van der Waals surface area contributed by atoms with Crippen LogP contribution in [-0.2, 0) is 11.3 Å². The van der Waals surface area contributed by atoms with Crippen LogP contribution >= 0.6 is 0 Å². The van der Waals surface area contributed by atoms with E-state index in [4.69, 9.17) is 0 Å². The Kier molecular flexibility index (Phi) is 5.99. The SMILES string of the molecule is O=C(CCC1CCCCC1)NCCn1ccc(-c2ccncc2)n1. The number of pyridine rings is 1. The maximum atomic E-state index is 12.0. The fraction of sp³-hybridized carbons (Fsp3) is 0.526. The van der Waals surface area contributed by atoms with Crippen molar-refractivity contribution in [3.8, 4) is 11.3 Å². The van der Waals surface area contributed by atoms with Gasteiger partial charge in [0.1, 0.15) is 0 Å². The normalized spacial score (nSPS) is 15.3. The number of nitrogens with one attached hydrogen (secondary N) is 1. The van der Waals surface area contributed by atoms with Gasteiger partial charge in [-0.2, -0.15) is 5.10 Å². The van der Waals surface area contributed by atoms with Crippen molar-refractivity contribution >= 4 is 5.91 Å². The van der Waals surface area contributed by atoms with E-state index in [0.717, 1.165) is 23.6 Å². The standard InChI is InChI=1S/C19H26N4O/c24-19(7-6-16-4-2-1-3-5-16)21-13-15-23-14-10-18(22-23)17-8-11-20-12-9-17/h8-12,14,16H,1-7,13,15H2,(H,21,24). The summed E-state index contributed by atoms with van der Waals surface area (Å²) in [6.45, 7) is 1.32. The number of hydrogen-bond donors (Lipinski definition) is 1. The molecule has 1 aliphatic carbocycles. The molecule has 0 atom stereocenters. The Bertz CT molecular complexity index is 632. The van der Waals surface area contributed by atoms with E-state index in [9.17, 15) is 4.79 Å². The van der Waals surface area contributed by atoms with Gasteiger partial charge in [0.25, 0.3) is 0 Å². The van der Waals surface area contributed by atoms with Crippen LogP contribution in [0.1, 0.15) is 44.9 Å². The molecule has 0 spiro atoms. The number of carbonyl (C=O) groups is 1. The number of nitrogens with zero attached hydrogens (tertiary/aromatic N) is 3. The van der Waals surface area contributed by atoms with Gasteiger partial charge in [0.2, 0.25) is 5.91 Å². The molecule has 1 saturated carbocycles. The van der Waals surface area contributed by atoms with Crippen molar-refractivity contribution in [2.75, 3.05) is 6.54 Å². The van der Waals surface area contributed by atoms with E-state index in [1.165, 1.54) is 32.1 Å². The van der Waals surface area contributed by atoms with Crippen molar-refractivity contribution in [2.45, 2.75) is 51.5 Å². The van der Waals surface area contributed by atoms with Gasteiger partial charge < -0.3 is 5.32 Å². The van der Waals surface area contributed by atoms with Crippen molar-refractivity contribution in [3.05, 3.63) is 36.8 Å². The van der Waals surface area contributed by atoms with Gasteiger partial charge in [-0.15, -0.1) is 0 Å². The van der Waals surface area contributed by atoms with Crippen molar-refractivity contribution in [1.29, 1.82) is 0 Å². The van der Waals surface area contributed by atoms with Crippen LogP contribution in [0.3, 0.4) is 0 Å². The smallest absolute Gasteiger partial charge is 0.220 e. The van der Waals surface area contributed by atoms with Crippen LogP contribution in [0.4, 0.5) is 0 Å². The van der Waals surface area contributed by atoms with Gasteiger partial charge in [-0.1, -0.05) is 32.1 Å². The zero-order chi connectivity index (χ0) is 16.6. The molecule has 128 valence electrons. The quantitative estimate of drug-likeness (QED) is 0.848. The number of rotatable bonds is 7. The summed E-state index contributed by atoms with van der Waals surface area (Å²) in [5.41, 5.74) is 1.99. The van der Waals surface area contributed by atoms with Crippen LogP contribution in [0.5, 0.6) is 0 Å². The van der Waals surface area contributed by atoms with Gasteiger partial charge in [0.05, 0.1) is 12.2 Å². The molecule has 5 heteroatoms. The van der Waals surface area contributed by atoms with Crippen LogP contribution in [0.2, 0.25) is 0 Å². The Hall–Kier alpha value is -2.17. The average molecular weight is 326 g/mol. The molecule has 1 N–H and O–H groups in total. The first-order valence-electron chi connectivity index (χ1n) is 9.02. The molecule has 0 bridgehead atoms. The molecular weight excluding hydrogens is 300 g/mol. The van der Waals surface area contributed by atoms with Crippen molar-refractivity contribution in [1.82, 2.24) is 20.1 Å². The van der Waals surface area contributed by atoms with E-state index < -0.39 is 0 Å². The molecule has 24 heavy (non-hydrogen) atoms. The number of hydrogen-bond acceptors (Lipinski definition) is 3. The zero-order valence-electron chi connectivity index (χ0n) is 14.2. The van der Waals surface area contributed by atoms with Gasteiger partial charge in [0.15, 0.2) is 0 Å². The lowest BCUT2D eigenvalue weighted by atomic mass is 9.86. The lowest BCUT2D eigenvalue weighted by Crippen LogP contribution is -2.27. The summed E-state index contributed by atoms with van der Waals surface area (Å²) in [7, 11) is 0. The summed E-state index contributed by atoms with van der Waals surface area (Å²) in [4.78, 5) is 16.0. The second-order valence-electron chi connectivity index (χ2n) is 6.59. The number of aromatic nitrogens is 3. The first-order valence-corrected chi connectivity index (χ1v) is 9.02. The Labute approximate surface area is 143 Å². The number of amides is 1. The molecule has 0 radical (unpaired) electrons. The van der Waals surface area contributed by atoms with Crippen LogP contribution in [0.15, 0.2) is 36.8 Å². The third-order valence-corrected chi connectivity index (χ3v) is 4.78. The molecule has 1 aliphatic rings. The average Bonchev–Trinajstić information content (AvgIpc) is 3.11. The molecule has 0 aromatic carbocycles. The van der Waals surface area contributed by atoms with E-state index in [-0.39, 0.29) is 5.91 Å².